The molecule has 0 bridgehead atoms. The van der Waals surface area contributed by atoms with Crippen molar-refractivity contribution < 1.29 is 0 Å². The van der Waals surface area contributed by atoms with Crippen LogP contribution in [-0.4, -0.2) is 31.7 Å². The van der Waals surface area contributed by atoms with E-state index < -0.39 is 0 Å². The minimum Gasteiger partial charge on any atom is -0.353 e. The third-order valence-corrected chi connectivity index (χ3v) is 4.38. The van der Waals surface area contributed by atoms with Crippen molar-refractivity contribution in [3.63, 3.8) is 0 Å². The molecule has 0 radical (unpaired) electrons. The topological polar surface area (TPSA) is 111 Å². The average Bonchev–Trinajstić information content (AvgIpc) is 3.10. The van der Waals surface area contributed by atoms with Crippen molar-refractivity contribution in [1.82, 2.24) is 19.1 Å². The minimum atomic E-state index is -0.383. The quantitative estimate of drug-likeness (QED) is 0.706. The van der Waals surface area contributed by atoms with Gasteiger partial charge in [0.15, 0.2) is 11.2 Å². The normalized spacial score (nSPS) is 22.0. The lowest BCUT2D eigenvalue weighted by molar-refractivity contribution is 0.514. The van der Waals surface area contributed by atoms with Gasteiger partial charge in [0.25, 0.3) is 5.56 Å². The highest BCUT2D eigenvalue weighted by atomic mass is 16.2. The predicted molar refractivity (Wildman–Crippen MR) is 80.4 cm³/mol. The van der Waals surface area contributed by atoms with Gasteiger partial charge in [-0.15, -0.1) is 0 Å². The highest BCUT2D eigenvalue weighted by Gasteiger charge is 2.27. The van der Waals surface area contributed by atoms with Crippen LogP contribution >= 0.6 is 0 Å². The van der Waals surface area contributed by atoms with Crippen molar-refractivity contribution in [3.05, 3.63) is 20.8 Å². The van der Waals surface area contributed by atoms with E-state index in [0.717, 1.165) is 23.8 Å². The van der Waals surface area contributed by atoms with Crippen LogP contribution in [0.15, 0.2) is 9.59 Å². The average molecular weight is 292 g/mol. The fraction of sp³-hybridized carbons (Fsp3) is 0.615. The molecule has 0 aliphatic heterocycles. The molecule has 4 N–H and O–H groups in total. The molecule has 114 valence electrons. The SMILES string of the molecule is Cn1c(=O)c2[nH]c(NC3CCCC3CN)nc2n(C)c1=O. The molecular formula is C13H20N6O2. The molecule has 1 aliphatic rings. The number of anilines is 1. The Labute approximate surface area is 121 Å². The number of hydrogen-bond acceptors (Lipinski definition) is 5. The van der Waals surface area contributed by atoms with Crippen LogP contribution in [-0.2, 0) is 14.1 Å². The molecular weight excluding hydrogens is 272 g/mol. The van der Waals surface area contributed by atoms with Gasteiger partial charge in [0.2, 0.25) is 5.95 Å². The van der Waals surface area contributed by atoms with Crippen molar-refractivity contribution in [2.75, 3.05) is 11.9 Å². The van der Waals surface area contributed by atoms with E-state index in [1.165, 1.54) is 11.6 Å². The van der Waals surface area contributed by atoms with E-state index in [9.17, 15) is 9.59 Å². The second kappa shape index (κ2) is 5.03. The smallest absolute Gasteiger partial charge is 0.332 e. The summed E-state index contributed by atoms with van der Waals surface area (Å²) in [5.41, 5.74) is 5.73. The van der Waals surface area contributed by atoms with Crippen molar-refractivity contribution in [2.24, 2.45) is 25.7 Å². The van der Waals surface area contributed by atoms with Crippen LogP contribution < -0.4 is 22.3 Å². The van der Waals surface area contributed by atoms with Gasteiger partial charge in [-0.1, -0.05) is 6.42 Å². The zero-order valence-corrected chi connectivity index (χ0v) is 12.2. The number of imidazole rings is 1. The van der Waals surface area contributed by atoms with Crippen LogP contribution in [0.25, 0.3) is 11.2 Å². The second-order valence-electron chi connectivity index (χ2n) is 5.67. The van der Waals surface area contributed by atoms with E-state index in [1.807, 2.05) is 0 Å². The maximum atomic E-state index is 12.1. The van der Waals surface area contributed by atoms with E-state index in [0.29, 0.717) is 29.6 Å². The zero-order valence-electron chi connectivity index (χ0n) is 12.2. The highest BCUT2D eigenvalue weighted by molar-refractivity contribution is 5.72. The molecule has 2 unspecified atom stereocenters. The first kappa shape index (κ1) is 13.9. The number of fused-ring (bicyclic) bond motifs is 1. The molecule has 3 rings (SSSR count). The maximum Gasteiger partial charge on any atom is 0.332 e. The summed E-state index contributed by atoms with van der Waals surface area (Å²) >= 11 is 0. The van der Waals surface area contributed by atoms with Crippen molar-refractivity contribution in [3.8, 4) is 0 Å². The summed E-state index contributed by atoms with van der Waals surface area (Å²) in [5.74, 6) is 0.943. The van der Waals surface area contributed by atoms with Crippen molar-refractivity contribution >= 4 is 17.1 Å². The largest absolute Gasteiger partial charge is 0.353 e. The third-order valence-electron chi connectivity index (χ3n) is 4.38. The lowest BCUT2D eigenvalue weighted by atomic mass is 10.0. The molecule has 21 heavy (non-hydrogen) atoms. The number of rotatable bonds is 3. The van der Waals surface area contributed by atoms with Crippen LogP contribution in [0.3, 0.4) is 0 Å². The Bertz CT molecular complexity index is 786. The number of aryl methyl sites for hydroxylation is 1. The standard InChI is InChI=1S/C13H20N6O2/c1-18-10-9(11(20)19(2)13(18)21)16-12(17-10)15-8-5-3-4-7(8)6-14/h7-8H,3-6,14H2,1-2H3,(H2,15,16,17). The monoisotopic (exact) mass is 292 g/mol. The van der Waals surface area contributed by atoms with Gasteiger partial charge >= 0.3 is 5.69 Å². The summed E-state index contributed by atoms with van der Waals surface area (Å²) < 4.78 is 2.44. The van der Waals surface area contributed by atoms with Gasteiger partial charge in [-0.25, -0.2) is 4.79 Å². The van der Waals surface area contributed by atoms with Gasteiger partial charge in [0.05, 0.1) is 0 Å². The van der Waals surface area contributed by atoms with Crippen LogP contribution in [0.4, 0.5) is 5.95 Å². The van der Waals surface area contributed by atoms with Crippen LogP contribution in [0.2, 0.25) is 0 Å². The summed E-state index contributed by atoms with van der Waals surface area (Å²) in [6, 6.07) is 0.261. The first-order valence-corrected chi connectivity index (χ1v) is 7.15. The van der Waals surface area contributed by atoms with Gasteiger partial charge in [-0.2, -0.15) is 4.98 Å². The molecule has 2 aromatic rings. The minimum absolute atomic E-state index is 0.261. The molecule has 2 aromatic heterocycles. The molecule has 2 heterocycles. The maximum absolute atomic E-state index is 12.1. The van der Waals surface area contributed by atoms with E-state index in [2.05, 4.69) is 15.3 Å². The molecule has 1 saturated carbocycles. The summed E-state index contributed by atoms with van der Waals surface area (Å²) in [4.78, 5) is 31.3. The number of nitrogens with two attached hydrogens (primary N) is 1. The predicted octanol–water partition coefficient (Wildman–Crippen LogP) is -0.500. The van der Waals surface area contributed by atoms with Crippen LogP contribution in [0.5, 0.6) is 0 Å². The van der Waals surface area contributed by atoms with Gasteiger partial charge < -0.3 is 16.0 Å². The van der Waals surface area contributed by atoms with E-state index in [1.54, 1.807) is 7.05 Å². The Kier molecular flexibility index (Phi) is 3.32. The summed E-state index contributed by atoms with van der Waals surface area (Å²) in [6.07, 6.45) is 3.28. The number of nitrogens with one attached hydrogen (secondary N) is 2. The highest BCUT2D eigenvalue weighted by Crippen LogP contribution is 2.27. The van der Waals surface area contributed by atoms with E-state index in [4.69, 9.17) is 5.73 Å². The summed E-state index contributed by atoms with van der Waals surface area (Å²) in [7, 11) is 3.06. The molecule has 8 heteroatoms. The fourth-order valence-corrected chi connectivity index (χ4v) is 3.08. The Morgan fingerprint density at radius 1 is 1.33 bits per heavy atom. The van der Waals surface area contributed by atoms with Crippen molar-refractivity contribution in [2.45, 2.75) is 25.3 Å². The number of nitrogens with zero attached hydrogens (tertiary/aromatic N) is 3. The number of aromatic amines is 1. The summed E-state index contributed by atoms with van der Waals surface area (Å²) in [5, 5.41) is 3.31. The Morgan fingerprint density at radius 2 is 2.10 bits per heavy atom. The Hall–Kier alpha value is -2.09. The van der Waals surface area contributed by atoms with Crippen LogP contribution in [0, 0.1) is 5.92 Å². The number of hydrogen-bond donors (Lipinski definition) is 3. The Morgan fingerprint density at radius 3 is 2.81 bits per heavy atom. The second-order valence-corrected chi connectivity index (χ2v) is 5.67. The third kappa shape index (κ3) is 2.15. The number of aromatic nitrogens is 4. The Balaban J connectivity index is 2.02. The van der Waals surface area contributed by atoms with E-state index >= 15 is 0 Å². The van der Waals surface area contributed by atoms with Gasteiger partial charge in [0, 0.05) is 20.1 Å². The molecule has 8 nitrogen and oxygen atoms in total. The molecule has 0 spiro atoms. The molecule has 1 aliphatic carbocycles. The van der Waals surface area contributed by atoms with Crippen LogP contribution in [0.1, 0.15) is 19.3 Å². The lowest BCUT2D eigenvalue weighted by Crippen LogP contribution is -2.36. The lowest BCUT2D eigenvalue weighted by Gasteiger charge is -2.18. The molecule has 2 atom stereocenters. The fourth-order valence-electron chi connectivity index (χ4n) is 3.08. The molecule has 0 amide bonds. The molecule has 0 saturated heterocycles. The van der Waals surface area contributed by atoms with Gasteiger partial charge in [-0.05, 0) is 25.3 Å². The first-order valence-electron chi connectivity index (χ1n) is 7.15. The van der Waals surface area contributed by atoms with Gasteiger partial charge in [0.1, 0.15) is 0 Å². The van der Waals surface area contributed by atoms with E-state index in [-0.39, 0.29) is 17.3 Å². The number of H-pyrrole nitrogens is 1. The van der Waals surface area contributed by atoms with Gasteiger partial charge in [-0.3, -0.25) is 13.9 Å². The molecule has 1 fully saturated rings. The summed E-state index contributed by atoms with van der Waals surface area (Å²) in [6.45, 7) is 0.637. The first-order chi connectivity index (χ1) is 10.0. The zero-order chi connectivity index (χ0) is 15.1. The van der Waals surface area contributed by atoms with Crippen molar-refractivity contribution in [1.29, 1.82) is 0 Å². The molecule has 0 aromatic carbocycles.